The summed E-state index contributed by atoms with van der Waals surface area (Å²) in [5.74, 6) is 0.370. The number of unbranched alkanes of at least 4 members (excludes halogenated alkanes) is 1. The number of aliphatic hydroxyl groups is 1. The van der Waals surface area contributed by atoms with Crippen LogP contribution >= 0.6 is 15.9 Å². The molecule has 304 valence electrons. The number of hydrogen-bond acceptors (Lipinski definition) is 8. The maximum absolute atomic E-state index is 14.3. The first-order valence-electron chi connectivity index (χ1n) is 19.8. The molecule has 4 aromatic rings. The molecule has 0 bridgehead atoms. The molecule has 0 radical (unpaired) electrons. The molecular formula is C43H54BrN5O7Si. The largest absolute Gasteiger partial charge is 0.453 e. The Kier molecular flexibility index (Phi) is 14.3. The number of rotatable bonds is 17. The van der Waals surface area contributed by atoms with Crippen LogP contribution in [0.5, 0.6) is 0 Å². The van der Waals surface area contributed by atoms with E-state index >= 15 is 0 Å². The number of likely N-dealkylation sites (tertiary alicyclic amines) is 1. The van der Waals surface area contributed by atoms with Crippen LogP contribution in [-0.2, 0) is 32.3 Å². The van der Waals surface area contributed by atoms with Crippen LogP contribution in [0.25, 0.3) is 22.4 Å². The summed E-state index contributed by atoms with van der Waals surface area (Å²) in [4.78, 5) is 46.5. The number of aliphatic hydroxyl groups excluding tert-OH is 1. The number of carbonyl (C=O) groups excluding carboxylic acids is 3. The monoisotopic (exact) mass is 859 g/mol. The minimum absolute atomic E-state index is 0.0307. The van der Waals surface area contributed by atoms with Gasteiger partial charge < -0.3 is 39.4 Å². The first kappa shape index (κ1) is 42.1. The van der Waals surface area contributed by atoms with Gasteiger partial charge in [0.15, 0.2) is 0 Å². The van der Waals surface area contributed by atoms with Gasteiger partial charge in [0.1, 0.15) is 25.2 Å². The summed E-state index contributed by atoms with van der Waals surface area (Å²) in [6, 6.07) is 23.9. The maximum atomic E-state index is 14.3. The van der Waals surface area contributed by atoms with E-state index in [-0.39, 0.29) is 31.8 Å². The third-order valence-electron chi connectivity index (χ3n) is 10.7. The highest BCUT2D eigenvalue weighted by Gasteiger charge is 2.38. The van der Waals surface area contributed by atoms with Crippen molar-refractivity contribution in [3.8, 4) is 22.4 Å². The van der Waals surface area contributed by atoms with Crippen LogP contribution in [0, 0.1) is 0 Å². The molecule has 2 aliphatic rings. The van der Waals surface area contributed by atoms with Gasteiger partial charge in [0.2, 0.25) is 5.91 Å². The van der Waals surface area contributed by atoms with Crippen LogP contribution in [0.1, 0.15) is 66.7 Å². The molecule has 1 aromatic heterocycles. The Morgan fingerprint density at radius 2 is 1.65 bits per heavy atom. The summed E-state index contributed by atoms with van der Waals surface area (Å²) in [6.07, 6.45) is 1.66. The zero-order valence-electron chi connectivity index (χ0n) is 33.3. The third-order valence-corrected chi connectivity index (χ3v) is 13.0. The maximum Gasteiger partial charge on any atom is 0.407 e. The van der Waals surface area contributed by atoms with Crippen molar-refractivity contribution in [2.45, 2.75) is 89.1 Å². The summed E-state index contributed by atoms with van der Waals surface area (Å²) >= 11 is 3.51. The highest BCUT2D eigenvalue weighted by Crippen LogP contribution is 2.44. The highest BCUT2D eigenvalue weighted by atomic mass is 79.9. The Morgan fingerprint density at radius 3 is 2.30 bits per heavy atom. The van der Waals surface area contributed by atoms with E-state index in [1.807, 2.05) is 53.1 Å². The number of fused-ring (bicyclic) bond motifs is 3. The quantitative estimate of drug-likeness (QED) is 0.0712. The Bertz CT molecular complexity index is 1970. The minimum atomic E-state index is -1.35. The van der Waals surface area contributed by atoms with Gasteiger partial charge in [-0.15, -0.1) is 0 Å². The minimum Gasteiger partial charge on any atom is -0.453 e. The molecule has 0 spiro atoms. The number of benzene rings is 3. The fourth-order valence-corrected chi connectivity index (χ4v) is 8.73. The summed E-state index contributed by atoms with van der Waals surface area (Å²) in [7, 11) is -0.0748. The number of carbonyl (C=O) groups is 3. The number of ether oxygens (including phenoxy) is 3. The lowest BCUT2D eigenvalue weighted by atomic mass is 9.98. The lowest BCUT2D eigenvalue weighted by Gasteiger charge is -2.29. The van der Waals surface area contributed by atoms with Gasteiger partial charge in [0, 0.05) is 43.7 Å². The highest BCUT2D eigenvalue weighted by molar-refractivity contribution is 9.10. The van der Waals surface area contributed by atoms with E-state index in [2.05, 4.69) is 70.5 Å². The average molecular weight is 861 g/mol. The summed E-state index contributed by atoms with van der Waals surface area (Å²) in [6.45, 7) is 8.47. The Balaban J connectivity index is 1.09. The number of hydrogen-bond donors (Lipinski definition) is 3. The van der Waals surface area contributed by atoms with Crippen molar-refractivity contribution >= 4 is 42.1 Å². The van der Waals surface area contributed by atoms with E-state index in [1.165, 1.54) is 18.2 Å². The van der Waals surface area contributed by atoms with Crippen LogP contribution < -0.4 is 10.6 Å². The number of alkyl carbamates (subject to hydrolysis) is 2. The fourth-order valence-electron chi connectivity index (χ4n) is 7.71. The average Bonchev–Trinajstić information content (AvgIpc) is 3.92. The van der Waals surface area contributed by atoms with Gasteiger partial charge in [0.05, 0.1) is 31.1 Å². The van der Waals surface area contributed by atoms with Crippen LogP contribution in [0.4, 0.5) is 9.59 Å². The molecule has 1 saturated heterocycles. The molecule has 3 N–H and O–H groups in total. The van der Waals surface area contributed by atoms with E-state index in [9.17, 15) is 19.5 Å². The normalized spacial score (nSPS) is 15.5. The van der Waals surface area contributed by atoms with E-state index in [0.29, 0.717) is 62.6 Å². The molecule has 2 atom stereocenters. The summed E-state index contributed by atoms with van der Waals surface area (Å²) < 4.78 is 19.6. The Labute approximate surface area is 344 Å². The van der Waals surface area contributed by atoms with E-state index < -0.39 is 32.3 Å². The number of nitrogens with zero attached hydrogens (tertiary/aromatic N) is 3. The second-order valence-corrected chi connectivity index (χ2v) is 22.4. The molecule has 14 heteroatoms. The number of imidazole rings is 1. The molecular weight excluding hydrogens is 806 g/mol. The van der Waals surface area contributed by atoms with Gasteiger partial charge in [0.25, 0.3) is 0 Å². The predicted octanol–water partition coefficient (Wildman–Crippen LogP) is 8.21. The molecule has 2 heterocycles. The molecule has 6 rings (SSSR count). The Hall–Kier alpha value is -4.50. The standard InChI is InChI=1S/C43H54BrN5O7Si/c1-54-43(53)46-36(16-9-10-22-45-42(52)56-27-35-33-14-7-5-12-31(33)32-13-6-8-15-34(32)35)41(51)48-23-11-17-37(48)40-47-39(29-18-20-30(44)21-19-29)38(26-50)49(40)28-55-24-25-57(2,3)4/h5-8,12-15,18-21,35-37,50H,9-11,16-17,22-28H2,1-4H3,(H,45,52)(H,46,53). The SMILES string of the molecule is COC(=O)NC(CCCCNC(=O)OCC1c2ccccc2-c2ccccc21)C(=O)N1CCCC1c1nc(-c2ccc(Br)cc2)c(CO)n1COCC[Si](C)(C)C. The zero-order chi connectivity index (χ0) is 40.5. The molecule has 0 saturated carbocycles. The molecule has 57 heavy (non-hydrogen) atoms. The second-order valence-electron chi connectivity index (χ2n) is 15.8. The van der Waals surface area contributed by atoms with Gasteiger partial charge in [-0.3, -0.25) is 4.79 Å². The van der Waals surface area contributed by atoms with Crippen molar-refractivity contribution in [2.75, 3.05) is 33.4 Å². The second kappa shape index (κ2) is 19.3. The zero-order valence-corrected chi connectivity index (χ0v) is 35.8. The number of amides is 3. The summed E-state index contributed by atoms with van der Waals surface area (Å²) in [5, 5.41) is 16.3. The molecule has 1 aliphatic carbocycles. The molecule has 2 unspecified atom stereocenters. The Morgan fingerprint density at radius 1 is 0.965 bits per heavy atom. The first-order chi connectivity index (χ1) is 27.5. The smallest absolute Gasteiger partial charge is 0.407 e. The number of nitrogens with one attached hydrogen (secondary N) is 2. The molecule has 3 aromatic carbocycles. The van der Waals surface area contributed by atoms with E-state index in [4.69, 9.17) is 19.2 Å². The van der Waals surface area contributed by atoms with Crippen molar-refractivity contribution in [1.82, 2.24) is 25.1 Å². The lowest BCUT2D eigenvalue weighted by molar-refractivity contribution is -0.134. The topological polar surface area (TPSA) is 144 Å². The van der Waals surface area contributed by atoms with Crippen molar-refractivity contribution < 1.29 is 33.7 Å². The molecule has 1 fully saturated rings. The third kappa shape index (κ3) is 10.3. The molecule has 12 nitrogen and oxygen atoms in total. The van der Waals surface area contributed by atoms with Crippen molar-refractivity contribution in [3.63, 3.8) is 0 Å². The number of methoxy groups -OCH3 is 1. The van der Waals surface area contributed by atoms with Crippen LogP contribution in [0.2, 0.25) is 25.7 Å². The van der Waals surface area contributed by atoms with Crippen molar-refractivity contribution in [2.24, 2.45) is 0 Å². The first-order valence-corrected chi connectivity index (χ1v) is 24.3. The molecule has 1 aliphatic heterocycles. The van der Waals surface area contributed by atoms with Gasteiger partial charge in [-0.25, -0.2) is 14.6 Å². The lowest BCUT2D eigenvalue weighted by Crippen LogP contribution is -2.48. The number of aromatic nitrogens is 2. The van der Waals surface area contributed by atoms with Gasteiger partial charge >= 0.3 is 12.2 Å². The fraction of sp³-hybridized carbons (Fsp3) is 0.442. The summed E-state index contributed by atoms with van der Waals surface area (Å²) in [5.41, 5.74) is 6.73. The van der Waals surface area contributed by atoms with Gasteiger partial charge in [-0.2, -0.15) is 0 Å². The van der Waals surface area contributed by atoms with Crippen LogP contribution in [0.3, 0.4) is 0 Å². The van der Waals surface area contributed by atoms with Crippen LogP contribution in [-0.4, -0.2) is 85.2 Å². The molecule has 3 amide bonds. The van der Waals surface area contributed by atoms with Crippen LogP contribution in [0.15, 0.2) is 77.3 Å². The van der Waals surface area contributed by atoms with E-state index in [0.717, 1.165) is 33.6 Å². The number of halogens is 1. The van der Waals surface area contributed by atoms with Gasteiger partial charge in [-0.05, 0) is 72.5 Å². The van der Waals surface area contributed by atoms with Crippen molar-refractivity contribution in [1.29, 1.82) is 0 Å². The van der Waals surface area contributed by atoms with Gasteiger partial charge in [-0.1, -0.05) is 96.2 Å². The van der Waals surface area contributed by atoms with E-state index in [1.54, 1.807) is 4.90 Å². The predicted molar refractivity (Wildman–Crippen MR) is 225 cm³/mol. The van der Waals surface area contributed by atoms with Crippen molar-refractivity contribution in [3.05, 3.63) is 99.9 Å².